The monoisotopic (exact) mass is 393 g/mol. The summed E-state index contributed by atoms with van der Waals surface area (Å²) in [5.74, 6) is 0.868. The van der Waals surface area contributed by atoms with Crippen LogP contribution >= 0.6 is 0 Å². The van der Waals surface area contributed by atoms with Crippen LogP contribution in [0.3, 0.4) is 0 Å². The van der Waals surface area contributed by atoms with Crippen LogP contribution < -0.4 is 11.2 Å². The molecule has 1 aromatic carbocycles. The van der Waals surface area contributed by atoms with Crippen molar-refractivity contribution in [3.8, 4) is 0 Å². The van der Waals surface area contributed by atoms with Crippen molar-refractivity contribution in [2.45, 2.75) is 47.2 Å². The molecular weight excluding hydrogens is 366 g/mol. The molecule has 0 aliphatic carbocycles. The van der Waals surface area contributed by atoms with Crippen molar-refractivity contribution in [1.82, 2.24) is 23.1 Å². The molecule has 0 aliphatic rings. The quantitative estimate of drug-likeness (QED) is 0.535. The minimum atomic E-state index is -0.325. The van der Waals surface area contributed by atoms with Crippen molar-refractivity contribution >= 4 is 16.9 Å². The Morgan fingerprint density at radius 1 is 1.00 bits per heavy atom. The molecule has 29 heavy (non-hydrogen) atoms. The Labute approximate surface area is 168 Å². The standard InChI is InChI=1S/C22H27N5O2/c1-13(2)12-25-20(28)18-19(24(6)22(25)29)23-21-26(14(3)15(4)27(18)21)16(5)17-10-8-7-9-11-17/h7-11,13,16H,12H2,1-6H3/t16-/m1/s1. The number of aromatic nitrogens is 5. The molecule has 0 saturated heterocycles. The zero-order chi connectivity index (χ0) is 21.0. The van der Waals surface area contributed by atoms with Gasteiger partial charge in [0.1, 0.15) is 0 Å². The maximum atomic E-state index is 13.3. The Kier molecular flexibility index (Phi) is 4.48. The first-order chi connectivity index (χ1) is 13.7. The molecule has 7 nitrogen and oxygen atoms in total. The van der Waals surface area contributed by atoms with Crippen LogP contribution in [0.25, 0.3) is 16.9 Å². The topological polar surface area (TPSA) is 66.2 Å². The maximum Gasteiger partial charge on any atom is 0.332 e. The molecule has 7 heteroatoms. The normalized spacial score (nSPS) is 13.1. The van der Waals surface area contributed by atoms with Crippen molar-refractivity contribution in [2.24, 2.45) is 13.0 Å². The van der Waals surface area contributed by atoms with Gasteiger partial charge in [0.25, 0.3) is 5.56 Å². The lowest BCUT2D eigenvalue weighted by Gasteiger charge is -2.16. The summed E-state index contributed by atoms with van der Waals surface area (Å²) in [6, 6.07) is 10.2. The Morgan fingerprint density at radius 2 is 1.66 bits per heavy atom. The molecule has 4 rings (SSSR count). The molecular formula is C22H27N5O2. The summed E-state index contributed by atoms with van der Waals surface area (Å²) < 4.78 is 6.86. The van der Waals surface area contributed by atoms with Gasteiger partial charge in [-0.3, -0.25) is 18.3 Å². The zero-order valence-corrected chi connectivity index (χ0v) is 17.8. The number of nitrogens with zero attached hydrogens (tertiary/aromatic N) is 5. The molecule has 0 amide bonds. The van der Waals surface area contributed by atoms with E-state index in [1.165, 1.54) is 9.13 Å². The highest BCUT2D eigenvalue weighted by atomic mass is 16.2. The smallest absolute Gasteiger partial charge is 0.307 e. The van der Waals surface area contributed by atoms with Gasteiger partial charge in [0.2, 0.25) is 5.78 Å². The molecule has 152 valence electrons. The van der Waals surface area contributed by atoms with Crippen molar-refractivity contribution < 1.29 is 0 Å². The van der Waals surface area contributed by atoms with Crippen LogP contribution in [0.15, 0.2) is 39.9 Å². The average Bonchev–Trinajstić information content (AvgIpc) is 3.19. The summed E-state index contributed by atoms with van der Waals surface area (Å²) in [4.78, 5) is 30.9. The van der Waals surface area contributed by atoms with Gasteiger partial charge in [0.05, 0.1) is 6.04 Å². The number of hydrogen-bond donors (Lipinski definition) is 0. The minimum absolute atomic E-state index is 0.0409. The third-order valence-electron chi connectivity index (χ3n) is 5.78. The Balaban J connectivity index is 2.10. The van der Waals surface area contributed by atoms with E-state index in [1.807, 2.05) is 50.3 Å². The van der Waals surface area contributed by atoms with Gasteiger partial charge in [-0.1, -0.05) is 44.2 Å². The van der Waals surface area contributed by atoms with E-state index >= 15 is 0 Å². The highest BCUT2D eigenvalue weighted by molar-refractivity contribution is 5.76. The van der Waals surface area contributed by atoms with Crippen LogP contribution in [0.5, 0.6) is 0 Å². The van der Waals surface area contributed by atoms with Crippen LogP contribution in [0.2, 0.25) is 0 Å². The number of rotatable bonds is 4. The predicted octanol–water partition coefficient (Wildman–Crippen LogP) is 3.03. The molecule has 0 fully saturated rings. The van der Waals surface area contributed by atoms with Crippen molar-refractivity contribution in [3.05, 3.63) is 68.1 Å². The van der Waals surface area contributed by atoms with E-state index in [0.29, 0.717) is 23.5 Å². The number of hydrogen-bond acceptors (Lipinski definition) is 3. The van der Waals surface area contributed by atoms with Gasteiger partial charge in [-0.25, -0.2) is 4.79 Å². The zero-order valence-electron chi connectivity index (χ0n) is 17.8. The molecule has 0 spiro atoms. The van der Waals surface area contributed by atoms with Gasteiger partial charge in [0.15, 0.2) is 11.2 Å². The summed E-state index contributed by atoms with van der Waals surface area (Å²) in [5.41, 5.74) is 3.44. The maximum absolute atomic E-state index is 13.3. The van der Waals surface area contributed by atoms with Crippen molar-refractivity contribution in [3.63, 3.8) is 0 Å². The average molecular weight is 393 g/mol. The summed E-state index contributed by atoms with van der Waals surface area (Å²) in [5, 5.41) is 0. The highest BCUT2D eigenvalue weighted by Crippen LogP contribution is 2.27. The van der Waals surface area contributed by atoms with E-state index in [0.717, 1.165) is 17.0 Å². The molecule has 1 atom stereocenters. The van der Waals surface area contributed by atoms with Crippen LogP contribution in [0.1, 0.15) is 43.8 Å². The molecule has 0 unspecified atom stereocenters. The summed E-state index contributed by atoms with van der Waals surface area (Å²) in [7, 11) is 1.68. The fourth-order valence-electron chi connectivity index (χ4n) is 4.15. The van der Waals surface area contributed by atoms with Gasteiger partial charge >= 0.3 is 5.69 Å². The molecule has 0 saturated carbocycles. The van der Waals surface area contributed by atoms with Gasteiger partial charge in [0, 0.05) is 25.0 Å². The SMILES string of the molecule is Cc1c(C)n2c3c(=O)n(CC(C)C)c(=O)n(C)c3nc2n1[C@H](C)c1ccccc1. The number of imidazole rings is 2. The van der Waals surface area contributed by atoms with Crippen molar-refractivity contribution in [2.75, 3.05) is 0 Å². The molecule has 3 heterocycles. The van der Waals surface area contributed by atoms with Crippen molar-refractivity contribution in [1.29, 1.82) is 0 Å². The largest absolute Gasteiger partial charge is 0.332 e. The lowest BCUT2D eigenvalue weighted by atomic mass is 10.1. The lowest BCUT2D eigenvalue weighted by molar-refractivity contribution is 0.484. The van der Waals surface area contributed by atoms with Gasteiger partial charge in [-0.15, -0.1) is 0 Å². The predicted molar refractivity (Wildman–Crippen MR) is 115 cm³/mol. The third-order valence-corrected chi connectivity index (χ3v) is 5.78. The van der Waals surface area contributed by atoms with E-state index < -0.39 is 0 Å². The van der Waals surface area contributed by atoms with Crippen LogP contribution in [-0.2, 0) is 13.6 Å². The van der Waals surface area contributed by atoms with Gasteiger partial charge in [-0.05, 0) is 32.3 Å². The van der Waals surface area contributed by atoms with Crippen LogP contribution in [0, 0.1) is 19.8 Å². The first kappa shape index (κ1) is 19.2. The second-order valence-corrected chi connectivity index (χ2v) is 8.20. The molecule has 0 bridgehead atoms. The van der Waals surface area contributed by atoms with Gasteiger partial charge < -0.3 is 4.57 Å². The second-order valence-electron chi connectivity index (χ2n) is 8.20. The van der Waals surface area contributed by atoms with E-state index in [9.17, 15) is 9.59 Å². The number of fused-ring (bicyclic) bond motifs is 3. The van der Waals surface area contributed by atoms with E-state index in [2.05, 4.69) is 23.6 Å². The van der Waals surface area contributed by atoms with E-state index in [4.69, 9.17) is 4.98 Å². The van der Waals surface area contributed by atoms with Crippen LogP contribution in [-0.4, -0.2) is 23.1 Å². The highest BCUT2D eigenvalue weighted by Gasteiger charge is 2.25. The molecule has 4 aromatic rings. The molecule has 0 N–H and O–H groups in total. The fourth-order valence-corrected chi connectivity index (χ4v) is 4.15. The minimum Gasteiger partial charge on any atom is -0.307 e. The Morgan fingerprint density at radius 3 is 2.28 bits per heavy atom. The lowest BCUT2D eigenvalue weighted by Crippen LogP contribution is -2.40. The van der Waals surface area contributed by atoms with Gasteiger partial charge in [-0.2, -0.15) is 4.98 Å². The van der Waals surface area contributed by atoms with Crippen LogP contribution in [0.4, 0.5) is 0 Å². The van der Waals surface area contributed by atoms with E-state index in [-0.39, 0.29) is 23.2 Å². The summed E-state index contributed by atoms with van der Waals surface area (Å²) >= 11 is 0. The van der Waals surface area contributed by atoms with E-state index in [1.54, 1.807) is 7.05 Å². The molecule has 0 radical (unpaired) electrons. The first-order valence-corrected chi connectivity index (χ1v) is 9.98. The third kappa shape index (κ3) is 2.75. The summed E-state index contributed by atoms with van der Waals surface area (Å²) in [6.07, 6.45) is 0. The fraction of sp³-hybridized carbons (Fsp3) is 0.409. The molecule has 0 aliphatic heterocycles. The number of aryl methyl sites for hydroxylation is 2. The number of benzene rings is 1. The summed E-state index contributed by atoms with van der Waals surface area (Å²) in [6.45, 7) is 10.5. The molecule has 3 aromatic heterocycles. The Hall–Kier alpha value is -3.09. The first-order valence-electron chi connectivity index (χ1n) is 9.98. The Bertz CT molecular complexity index is 1340. The second kappa shape index (κ2) is 6.76.